The smallest absolute Gasteiger partial charge is 0.137 e. The first-order chi connectivity index (χ1) is 5.77. The van der Waals surface area contributed by atoms with Crippen molar-refractivity contribution in [3.05, 3.63) is 0 Å². The highest BCUT2D eigenvalue weighted by Crippen LogP contribution is 1.82. The summed E-state index contributed by atoms with van der Waals surface area (Å²) in [6.07, 6.45) is 0. The van der Waals surface area contributed by atoms with E-state index in [0.29, 0.717) is 26.6 Å². The van der Waals surface area contributed by atoms with Crippen LogP contribution in [0.2, 0.25) is 0 Å². The lowest BCUT2D eigenvalue weighted by atomic mass is 10.5. The van der Waals surface area contributed by atoms with Gasteiger partial charge in [0.05, 0.1) is 19.8 Å². The second kappa shape index (κ2) is 9.03. The third kappa shape index (κ3) is 9.94. The average Bonchev–Trinajstić information content (AvgIpc) is 2.02. The van der Waals surface area contributed by atoms with Crippen molar-refractivity contribution in [2.24, 2.45) is 4.99 Å². The maximum absolute atomic E-state index is 5.15. The molecule has 0 rings (SSSR count). The standard InChI is InChI=1S/C8H17NO2S/c1-8(2)9-7-11-4-3-10-5-6-12/h12H,3-7H2,1-2H3. The molecule has 0 unspecified atom stereocenters. The lowest BCUT2D eigenvalue weighted by Gasteiger charge is -2.01. The zero-order valence-electron chi connectivity index (χ0n) is 7.75. The van der Waals surface area contributed by atoms with Crippen LogP contribution in [0.5, 0.6) is 0 Å². The van der Waals surface area contributed by atoms with Crippen LogP contribution < -0.4 is 0 Å². The predicted octanol–water partition coefficient (Wildman–Crippen LogP) is 1.39. The summed E-state index contributed by atoms with van der Waals surface area (Å²) in [6, 6.07) is 0. The zero-order chi connectivity index (χ0) is 9.23. The van der Waals surface area contributed by atoms with Crippen molar-refractivity contribution in [1.82, 2.24) is 0 Å². The van der Waals surface area contributed by atoms with Crippen LogP contribution in [-0.2, 0) is 9.47 Å². The summed E-state index contributed by atoms with van der Waals surface area (Å²) >= 11 is 4.00. The Morgan fingerprint density at radius 3 is 2.42 bits per heavy atom. The van der Waals surface area contributed by atoms with Crippen molar-refractivity contribution in [3.8, 4) is 0 Å². The van der Waals surface area contributed by atoms with E-state index in [9.17, 15) is 0 Å². The van der Waals surface area contributed by atoms with Gasteiger partial charge in [-0.25, -0.2) is 0 Å². The van der Waals surface area contributed by atoms with E-state index in [1.54, 1.807) is 0 Å². The van der Waals surface area contributed by atoms with Gasteiger partial charge in [0.15, 0.2) is 0 Å². The van der Waals surface area contributed by atoms with Crippen LogP contribution in [0.3, 0.4) is 0 Å². The molecule has 0 aliphatic carbocycles. The largest absolute Gasteiger partial charge is 0.378 e. The first kappa shape index (κ1) is 11.9. The minimum atomic E-state index is 0.437. The van der Waals surface area contributed by atoms with Gasteiger partial charge in [-0.2, -0.15) is 12.6 Å². The van der Waals surface area contributed by atoms with Gasteiger partial charge in [-0.15, -0.1) is 0 Å². The summed E-state index contributed by atoms with van der Waals surface area (Å²) in [5, 5.41) is 0. The summed E-state index contributed by atoms with van der Waals surface area (Å²) in [7, 11) is 0. The molecule has 12 heavy (non-hydrogen) atoms. The summed E-state index contributed by atoms with van der Waals surface area (Å²) in [5.74, 6) is 0.756. The number of rotatable bonds is 7. The molecule has 0 aliphatic rings. The third-order valence-electron chi connectivity index (χ3n) is 1.08. The van der Waals surface area contributed by atoms with Crippen LogP contribution in [0.25, 0.3) is 0 Å². The topological polar surface area (TPSA) is 30.8 Å². The van der Waals surface area contributed by atoms with Crippen LogP contribution in [-0.4, -0.2) is 38.0 Å². The van der Waals surface area contributed by atoms with E-state index in [1.807, 2.05) is 13.8 Å². The van der Waals surface area contributed by atoms with Crippen molar-refractivity contribution < 1.29 is 9.47 Å². The van der Waals surface area contributed by atoms with Gasteiger partial charge in [-0.3, -0.25) is 4.99 Å². The second-order valence-electron chi connectivity index (χ2n) is 2.48. The first-order valence-corrected chi connectivity index (χ1v) is 4.64. The summed E-state index contributed by atoms with van der Waals surface area (Å²) in [4.78, 5) is 4.07. The van der Waals surface area contributed by atoms with E-state index in [0.717, 1.165) is 11.5 Å². The maximum Gasteiger partial charge on any atom is 0.137 e. The SMILES string of the molecule is CC(C)=NCOCCOCCS. The summed E-state index contributed by atoms with van der Waals surface area (Å²) in [5.41, 5.74) is 1.03. The van der Waals surface area contributed by atoms with E-state index >= 15 is 0 Å². The molecular weight excluding hydrogens is 174 g/mol. The van der Waals surface area contributed by atoms with Crippen LogP contribution in [0.1, 0.15) is 13.8 Å². The molecule has 0 radical (unpaired) electrons. The van der Waals surface area contributed by atoms with Gasteiger partial charge in [-0.05, 0) is 13.8 Å². The molecule has 72 valence electrons. The molecule has 0 amide bonds. The van der Waals surface area contributed by atoms with Crippen LogP contribution in [0, 0.1) is 0 Å². The van der Waals surface area contributed by atoms with Crippen molar-refractivity contribution in [3.63, 3.8) is 0 Å². The first-order valence-electron chi connectivity index (χ1n) is 4.01. The molecule has 0 aromatic heterocycles. The molecule has 0 aromatic carbocycles. The Hall–Kier alpha value is -0.0600. The monoisotopic (exact) mass is 191 g/mol. The molecule has 3 nitrogen and oxygen atoms in total. The van der Waals surface area contributed by atoms with Gasteiger partial charge in [0.1, 0.15) is 6.73 Å². The van der Waals surface area contributed by atoms with Crippen LogP contribution in [0.15, 0.2) is 4.99 Å². The van der Waals surface area contributed by atoms with Gasteiger partial charge < -0.3 is 9.47 Å². The molecule has 0 aromatic rings. The van der Waals surface area contributed by atoms with Crippen molar-refractivity contribution >= 4 is 18.3 Å². The van der Waals surface area contributed by atoms with Crippen LogP contribution >= 0.6 is 12.6 Å². The molecule has 0 aliphatic heterocycles. The molecule has 0 bridgehead atoms. The van der Waals surface area contributed by atoms with E-state index < -0.39 is 0 Å². The summed E-state index contributed by atoms with van der Waals surface area (Å²) < 4.78 is 10.3. The maximum atomic E-state index is 5.15. The fourth-order valence-corrected chi connectivity index (χ4v) is 0.653. The Balaban J connectivity index is 2.96. The van der Waals surface area contributed by atoms with Gasteiger partial charge in [-0.1, -0.05) is 0 Å². The van der Waals surface area contributed by atoms with E-state index in [2.05, 4.69) is 17.6 Å². The predicted molar refractivity (Wildman–Crippen MR) is 54.3 cm³/mol. The minimum Gasteiger partial charge on any atom is -0.378 e. The molecule has 0 saturated heterocycles. The molecule has 0 N–H and O–H groups in total. The number of nitrogens with zero attached hydrogens (tertiary/aromatic N) is 1. The third-order valence-corrected chi connectivity index (χ3v) is 1.26. The fourth-order valence-electron chi connectivity index (χ4n) is 0.524. The molecule has 0 heterocycles. The minimum absolute atomic E-state index is 0.437. The van der Waals surface area contributed by atoms with Crippen LogP contribution in [0.4, 0.5) is 0 Å². The molecule has 0 spiro atoms. The van der Waals surface area contributed by atoms with Gasteiger partial charge >= 0.3 is 0 Å². The molecule has 0 saturated carbocycles. The highest BCUT2D eigenvalue weighted by atomic mass is 32.1. The van der Waals surface area contributed by atoms with Crippen molar-refractivity contribution in [2.75, 3.05) is 32.3 Å². The Kier molecular flexibility index (Phi) is 8.99. The molecule has 4 heteroatoms. The molecule has 0 fully saturated rings. The molecular formula is C8H17NO2S. The number of ether oxygens (including phenoxy) is 2. The second-order valence-corrected chi connectivity index (χ2v) is 2.93. The molecule has 0 atom stereocenters. The highest BCUT2D eigenvalue weighted by Gasteiger charge is 1.86. The number of aliphatic imine (C=N–C) groups is 1. The van der Waals surface area contributed by atoms with Crippen molar-refractivity contribution in [1.29, 1.82) is 0 Å². The Labute approximate surface area is 79.6 Å². The number of hydrogen-bond acceptors (Lipinski definition) is 4. The van der Waals surface area contributed by atoms with Crippen molar-refractivity contribution in [2.45, 2.75) is 13.8 Å². The number of hydrogen-bond donors (Lipinski definition) is 1. The number of thiol groups is 1. The Bertz CT molecular complexity index is 124. The van der Waals surface area contributed by atoms with Gasteiger partial charge in [0.25, 0.3) is 0 Å². The Morgan fingerprint density at radius 1 is 1.17 bits per heavy atom. The lowest BCUT2D eigenvalue weighted by Crippen LogP contribution is -2.06. The quantitative estimate of drug-likeness (QED) is 0.374. The van der Waals surface area contributed by atoms with Gasteiger partial charge in [0.2, 0.25) is 0 Å². The van der Waals surface area contributed by atoms with E-state index in [1.165, 1.54) is 0 Å². The fraction of sp³-hybridized carbons (Fsp3) is 0.875. The highest BCUT2D eigenvalue weighted by molar-refractivity contribution is 7.80. The van der Waals surface area contributed by atoms with Gasteiger partial charge in [0, 0.05) is 11.5 Å². The lowest BCUT2D eigenvalue weighted by molar-refractivity contribution is 0.0572. The zero-order valence-corrected chi connectivity index (χ0v) is 8.64. The summed E-state index contributed by atoms with van der Waals surface area (Å²) in [6.45, 7) is 6.24. The van der Waals surface area contributed by atoms with E-state index in [-0.39, 0.29) is 0 Å². The normalized spacial score (nSPS) is 9.92. The average molecular weight is 191 g/mol. The van der Waals surface area contributed by atoms with E-state index in [4.69, 9.17) is 9.47 Å². The Morgan fingerprint density at radius 2 is 1.83 bits per heavy atom.